The molecule has 1 aliphatic heterocycles. The first-order valence-corrected chi connectivity index (χ1v) is 9.95. The fourth-order valence-electron chi connectivity index (χ4n) is 3.30. The molecule has 2 aromatic carbocycles. The predicted molar refractivity (Wildman–Crippen MR) is 93.2 cm³/mol. The number of halogens is 3. The molecule has 0 N–H and O–H groups in total. The average molecular weight is 383 g/mol. The standard InChI is InChI=1S/C19H20F3NO2S/c20-19(21,22)17-10-6-11-18(13-17)26(24,25)23-12-5-4-9-16(14-23)15-7-2-1-3-8-15/h1-3,6-8,10-11,13,16H,4-5,9,12,14H2. The van der Waals surface area contributed by atoms with Gasteiger partial charge in [-0.15, -0.1) is 0 Å². The van der Waals surface area contributed by atoms with Crippen LogP contribution >= 0.6 is 0 Å². The molecule has 1 saturated heterocycles. The second-order valence-corrected chi connectivity index (χ2v) is 8.43. The summed E-state index contributed by atoms with van der Waals surface area (Å²) in [6.45, 7) is 0.602. The van der Waals surface area contributed by atoms with Crippen molar-refractivity contribution < 1.29 is 21.6 Å². The highest BCUT2D eigenvalue weighted by Crippen LogP contribution is 2.33. The molecular weight excluding hydrogens is 363 g/mol. The van der Waals surface area contributed by atoms with Crippen LogP contribution < -0.4 is 0 Å². The van der Waals surface area contributed by atoms with E-state index in [1.54, 1.807) is 0 Å². The topological polar surface area (TPSA) is 37.4 Å². The van der Waals surface area contributed by atoms with E-state index in [9.17, 15) is 21.6 Å². The van der Waals surface area contributed by atoms with Gasteiger partial charge < -0.3 is 0 Å². The summed E-state index contributed by atoms with van der Waals surface area (Å²) >= 11 is 0. The van der Waals surface area contributed by atoms with Crippen LogP contribution in [0.3, 0.4) is 0 Å². The van der Waals surface area contributed by atoms with E-state index in [0.29, 0.717) is 13.0 Å². The van der Waals surface area contributed by atoms with Gasteiger partial charge in [-0.2, -0.15) is 17.5 Å². The monoisotopic (exact) mass is 383 g/mol. The lowest BCUT2D eigenvalue weighted by Crippen LogP contribution is -2.34. The van der Waals surface area contributed by atoms with Crippen molar-refractivity contribution in [3.63, 3.8) is 0 Å². The molecule has 0 saturated carbocycles. The van der Waals surface area contributed by atoms with Gasteiger partial charge >= 0.3 is 6.18 Å². The second kappa shape index (κ2) is 7.40. The number of benzene rings is 2. The molecular formula is C19H20F3NO2S. The molecule has 0 aromatic heterocycles. The molecule has 1 heterocycles. The van der Waals surface area contributed by atoms with Crippen LogP contribution in [0.2, 0.25) is 0 Å². The van der Waals surface area contributed by atoms with Gasteiger partial charge in [0.15, 0.2) is 0 Å². The Kier molecular flexibility index (Phi) is 5.39. The highest BCUT2D eigenvalue weighted by Gasteiger charge is 2.34. The summed E-state index contributed by atoms with van der Waals surface area (Å²) in [6, 6.07) is 13.6. The number of hydrogen-bond acceptors (Lipinski definition) is 2. The number of hydrogen-bond donors (Lipinski definition) is 0. The van der Waals surface area contributed by atoms with Crippen LogP contribution in [0, 0.1) is 0 Å². The van der Waals surface area contributed by atoms with Crippen molar-refractivity contribution in [2.45, 2.75) is 36.3 Å². The van der Waals surface area contributed by atoms with Gasteiger partial charge in [-0.1, -0.05) is 42.8 Å². The molecule has 0 amide bonds. The van der Waals surface area contributed by atoms with Gasteiger partial charge in [-0.3, -0.25) is 0 Å². The molecule has 0 aliphatic carbocycles. The number of rotatable bonds is 3. The van der Waals surface area contributed by atoms with Gasteiger partial charge in [0, 0.05) is 13.1 Å². The van der Waals surface area contributed by atoms with Gasteiger partial charge in [0.25, 0.3) is 0 Å². The van der Waals surface area contributed by atoms with E-state index in [1.807, 2.05) is 30.3 Å². The van der Waals surface area contributed by atoms with Crippen LogP contribution in [0.25, 0.3) is 0 Å². The number of sulfonamides is 1. The Morgan fingerprint density at radius 2 is 1.69 bits per heavy atom. The third kappa shape index (κ3) is 4.10. The largest absolute Gasteiger partial charge is 0.416 e. The lowest BCUT2D eigenvalue weighted by molar-refractivity contribution is -0.137. The maximum Gasteiger partial charge on any atom is 0.416 e. The molecule has 3 nitrogen and oxygen atoms in total. The van der Waals surface area contributed by atoms with Gasteiger partial charge in [-0.05, 0) is 42.5 Å². The van der Waals surface area contributed by atoms with Crippen molar-refractivity contribution in [1.82, 2.24) is 4.31 Å². The zero-order valence-corrected chi connectivity index (χ0v) is 14.9. The summed E-state index contributed by atoms with van der Waals surface area (Å²) in [5.74, 6) is 0.0410. The molecule has 1 unspecified atom stereocenters. The molecule has 1 aliphatic rings. The Balaban J connectivity index is 1.91. The van der Waals surface area contributed by atoms with Gasteiger partial charge in [0.2, 0.25) is 10.0 Å². The normalized spacial score (nSPS) is 19.9. The number of alkyl halides is 3. The molecule has 1 atom stereocenters. The zero-order chi connectivity index (χ0) is 18.8. The summed E-state index contributed by atoms with van der Waals surface area (Å²) in [5, 5.41) is 0. The van der Waals surface area contributed by atoms with Crippen molar-refractivity contribution >= 4 is 10.0 Å². The minimum absolute atomic E-state index is 0.0410. The fraction of sp³-hybridized carbons (Fsp3) is 0.368. The first-order valence-electron chi connectivity index (χ1n) is 8.51. The SMILES string of the molecule is O=S(=O)(c1cccc(C(F)(F)F)c1)N1CCCCC(c2ccccc2)C1. The minimum Gasteiger partial charge on any atom is -0.207 e. The van der Waals surface area contributed by atoms with Crippen molar-refractivity contribution in [3.8, 4) is 0 Å². The van der Waals surface area contributed by atoms with Gasteiger partial charge in [0.1, 0.15) is 0 Å². The van der Waals surface area contributed by atoms with E-state index < -0.39 is 21.8 Å². The molecule has 3 rings (SSSR count). The van der Waals surface area contributed by atoms with E-state index in [2.05, 4.69) is 0 Å². The molecule has 26 heavy (non-hydrogen) atoms. The van der Waals surface area contributed by atoms with Crippen LogP contribution in [0.5, 0.6) is 0 Å². The summed E-state index contributed by atoms with van der Waals surface area (Å²) in [5.41, 5.74) is 0.103. The molecule has 140 valence electrons. The van der Waals surface area contributed by atoms with E-state index in [0.717, 1.165) is 36.6 Å². The predicted octanol–water partition coefficient (Wildman–Crippen LogP) is 4.66. The smallest absolute Gasteiger partial charge is 0.207 e. The minimum atomic E-state index is -4.57. The highest BCUT2D eigenvalue weighted by molar-refractivity contribution is 7.89. The van der Waals surface area contributed by atoms with E-state index >= 15 is 0 Å². The van der Waals surface area contributed by atoms with Crippen molar-refractivity contribution in [1.29, 1.82) is 0 Å². The molecule has 0 spiro atoms. The highest BCUT2D eigenvalue weighted by atomic mass is 32.2. The Bertz CT molecular complexity index is 851. The van der Waals surface area contributed by atoms with Crippen LogP contribution in [-0.4, -0.2) is 25.8 Å². The van der Waals surface area contributed by atoms with E-state index in [-0.39, 0.29) is 17.4 Å². The average Bonchev–Trinajstić information content (AvgIpc) is 2.89. The second-order valence-electron chi connectivity index (χ2n) is 6.49. The molecule has 0 radical (unpaired) electrons. The van der Waals surface area contributed by atoms with Crippen LogP contribution in [0.4, 0.5) is 13.2 Å². The summed E-state index contributed by atoms with van der Waals surface area (Å²) in [4.78, 5) is -0.305. The number of nitrogens with zero attached hydrogens (tertiary/aromatic N) is 1. The molecule has 2 aromatic rings. The maximum absolute atomic E-state index is 13.0. The fourth-order valence-corrected chi connectivity index (χ4v) is 4.88. The molecule has 0 bridgehead atoms. The summed E-state index contributed by atoms with van der Waals surface area (Å²) < 4.78 is 66.1. The Hall–Kier alpha value is -1.86. The van der Waals surface area contributed by atoms with Gasteiger partial charge in [0.05, 0.1) is 10.5 Å². The van der Waals surface area contributed by atoms with Crippen molar-refractivity contribution in [3.05, 3.63) is 65.7 Å². The van der Waals surface area contributed by atoms with Crippen LogP contribution in [-0.2, 0) is 16.2 Å². The van der Waals surface area contributed by atoms with Crippen LogP contribution in [0.15, 0.2) is 59.5 Å². The van der Waals surface area contributed by atoms with Crippen LogP contribution in [0.1, 0.15) is 36.3 Å². The summed E-state index contributed by atoms with van der Waals surface area (Å²) in [7, 11) is -3.98. The van der Waals surface area contributed by atoms with E-state index in [1.165, 1.54) is 10.4 Å². The first-order chi connectivity index (χ1) is 12.3. The first kappa shape index (κ1) is 18.9. The molecule has 7 heteroatoms. The third-order valence-electron chi connectivity index (χ3n) is 4.70. The Morgan fingerprint density at radius 1 is 0.962 bits per heavy atom. The van der Waals surface area contributed by atoms with E-state index in [4.69, 9.17) is 0 Å². The lowest BCUT2D eigenvalue weighted by atomic mass is 9.95. The van der Waals surface area contributed by atoms with Gasteiger partial charge in [-0.25, -0.2) is 8.42 Å². The maximum atomic E-state index is 13.0. The third-order valence-corrected chi connectivity index (χ3v) is 6.57. The molecule has 1 fully saturated rings. The Labute approximate surface area is 151 Å². The quantitative estimate of drug-likeness (QED) is 0.773. The van der Waals surface area contributed by atoms with Crippen molar-refractivity contribution in [2.75, 3.05) is 13.1 Å². The Morgan fingerprint density at radius 3 is 2.38 bits per heavy atom. The van der Waals surface area contributed by atoms with Crippen molar-refractivity contribution in [2.24, 2.45) is 0 Å². The zero-order valence-electron chi connectivity index (χ0n) is 14.1. The summed E-state index contributed by atoms with van der Waals surface area (Å²) in [6.07, 6.45) is -2.13. The lowest BCUT2D eigenvalue weighted by Gasteiger charge is -2.24.